The molecule has 0 unspecified atom stereocenters. The standard InChI is InChI=1S/C23H25FN2O6S/c1-23(2,3)32-17(27)12-33-22-25-18-13(11-16(29-4)19(30-5)20(18)31-6)21(28)26(22)15-10-8-7-9-14(15)24/h7-11H,12H2,1-6H3. The van der Waals surface area contributed by atoms with Crippen LogP contribution >= 0.6 is 11.8 Å². The van der Waals surface area contributed by atoms with Gasteiger partial charge in [-0.3, -0.25) is 14.2 Å². The second-order valence-electron chi connectivity index (χ2n) is 7.90. The molecule has 0 atom stereocenters. The lowest BCUT2D eigenvalue weighted by molar-refractivity contribution is -0.151. The van der Waals surface area contributed by atoms with E-state index in [0.717, 1.165) is 16.3 Å². The fraction of sp³-hybridized carbons (Fsp3) is 0.348. The van der Waals surface area contributed by atoms with Crippen LogP contribution in [-0.4, -0.2) is 48.2 Å². The minimum atomic E-state index is -0.674. The summed E-state index contributed by atoms with van der Waals surface area (Å²) in [6, 6.07) is 7.28. The molecule has 0 aliphatic carbocycles. The summed E-state index contributed by atoms with van der Waals surface area (Å²) in [5.41, 5.74) is -1.04. The Labute approximate surface area is 194 Å². The van der Waals surface area contributed by atoms with Crippen molar-refractivity contribution in [3.05, 3.63) is 46.5 Å². The number of thioether (sulfide) groups is 1. The van der Waals surface area contributed by atoms with Gasteiger partial charge in [-0.1, -0.05) is 23.9 Å². The number of ether oxygens (including phenoxy) is 4. The number of halogens is 1. The zero-order valence-electron chi connectivity index (χ0n) is 19.2. The Bertz CT molecular complexity index is 1250. The Balaban J connectivity index is 2.28. The van der Waals surface area contributed by atoms with Crippen molar-refractivity contribution in [1.29, 1.82) is 0 Å². The number of hydrogen-bond donors (Lipinski definition) is 0. The summed E-state index contributed by atoms with van der Waals surface area (Å²) >= 11 is 0.954. The highest BCUT2D eigenvalue weighted by atomic mass is 32.2. The van der Waals surface area contributed by atoms with Gasteiger partial charge in [0.1, 0.15) is 16.9 Å². The van der Waals surface area contributed by atoms with E-state index >= 15 is 0 Å². The normalized spacial score (nSPS) is 11.4. The van der Waals surface area contributed by atoms with Gasteiger partial charge in [0.2, 0.25) is 5.75 Å². The number of carbonyl (C=O) groups is 1. The first-order valence-corrected chi connectivity index (χ1v) is 10.9. The minimum absolute atomic E-state index is 0.00246. The van der Waals surface area contributed by atoms with Crippen LogP contribution < -0.4 is 19.8 Å². The Kier molecular flexibility index (Phi) is 7.16. The largest absolute Gasteiger partial charge is 0.493 e. The number of hydrogen-bond acceptors (Lipinski definition) is 8. The molecule has 0 fully saturated rings. The van der Waals surface area contributed by atoms with Crippen molar-refractivity contribution >= 4 is 28.6 Å². The van der Waals surface area contributed by atoms with Crippen LogP contribution in [0.25, 0.3) is 16.6 Å². The zero-order valence-corrected chi connectivity index (χ0v) is 20.0. The van der Waals surface area contributed by atoms with Crippen molar-refractivity contribution < 1.29 is 28.1 Å². The fourth-order valence-corrected chi connectivity index (χ4v) is 3.98. The molecular weight excluding hydrogens is 451 g/mol. The molecular formula is C23H25FN2O6S. The van der Waals surface area contributed by atoms with Gasteiger partial charge in [0.25, 0.3) is 5.56 Å². The summed E-state index contributed by atoms with van der Waals surface area (Å²) < 4.78 is 37.4. The van der Waals surface area contributed by atoms with Crippen LogP contribution in [0.5, 0.6) is 17.2 Å². The zero-order chi connectivity index (χ0) is 24.3. The first-order chi connectivity index (χ1) is 15.6. The van der Waals surface area contributed by atoms with Crippen LogP contribution in [-0.2, 0) is 9.53 Å². The molecule has 2 aromatic carbocycles. The van der Waals surface area contributed by atoms with Crippen LogP contribution in [0.1, 0.15) is 20.8 Å². The van der Waals surface area contributed by atoms with Crippen LogP contribution in [0.4, 0.5) is 4.39 Å². The van der Waals surface area contributed by atoms with Crippen molar-refractivity contribution in [2.24, 2.45) is 0 Å². The molecule has 1 aromatic heterocycles. The fourth-order valence-electron chi connectivity index (χ4n) is 3.20. The van der Waals surface area contributed by atoms with Gasteiger partial charge in [0.15, 0.2) is 16.7 Å². The Morgan fingerprint density at radius 3 is 2.33 bits per heavy atom. The molecule has 0 radical (unpaired) electrons. The monoisotopic (exact) mass is 476 g/mol. The van der Waals surface area contributed by atoms with Crippen molar-refractivity contribution in [3.63, 3.8) is 0 Å². The van der Waals surface area contributed by atoms with E-state index < -0.39 is 22.9 Å². The molecule has 10 heteroatoms. The van der Waals surface area contributed by atoms with E-state index in [9.17, 15) is 14.0 Å². The van der Waals surface area contributed by atoms with E-state index in [2.05, 4.69) is 4.98 Å². The number of nitrogens with zero attached hydrogens (tertiary/aromatic N) is 2. The highest BCUT2D eigenvalue weighted by molar-refractivity contribution is 7.99. The quantitative estimate of drug-likeness (QED) is 0.287. The summed E-state index contributed by atoms with van der Waals surface area (Å²) in [7, 11) is 4.27. The predicted molar refractivity (Wildman–Crippen MR) is 124 cm³/mol. The number of aromatic nitrogens is 2. The summed E-state index contributed by atoms with van der Waals surface area (Å²) in [6.45, 7) is 5.26. The van der Waals surface area contributed by atoms with Gasteiger partial charge < -0.3 is 18.9 Å². The summed E-state index contributed by atoms with van der Waals surface area (Å²) in [4.78, 5) is 30.5. The molecule has 3 aromatic rings. The molecule has 0 aliphatic heterocycles. The van der Waals surface area contributed by atoms with Gasteiger partial charge in [-0.05, 0) is 39.0 Å². The van der Waals surface area contributed by atoms with Crippen molar-refractivity contribution in [1.82, 2.24) is 9.55 Å². The molecule has 33 heavy (non-hydrogen) atoms. The van der Waals surface area contributed by atoms with E-state index in [1.165, 1.54) is 45.6 Å². The summed E-state index contributed by atoms with van der Waals surface area (Å²) in [5.74, 6) is -0.558. The number of carbonyl (C=O) groups excluding carboxylic acids is 1. The van der Waals surface area contributed by atoms with E-state index in [-0.39, 0.29) is 44.7 Å². The second kappa shape index (κ2) is 9.70. The van der Waals surface area contributed by atoms with Crippen molar-refractivity contribution in [2.45, 2.75) is 31.5 Å². The SMILES string of the molecule is COc1cc2c(=O)n(-c3ccccc3F)c(SCC(=O)OC(C)(C)C)nc2c(OC)c1OC. The number of fused-ring (bicyclic) bond motifs is 1. The Morgan fingerprint density at radius 2 is 1.76 bits per heavy atom. The molecule has 0 spiro atoms. The van der Waals surface area contributed by atoms with Crippen molar-refractivity contribution in [2.75, 3.05) is 27.1 Å². The Hall–Kier alpha value is -3.27. The predicted octanol–water partition coefficient (Wildman–Crippen LogP) is 3.98. The molecule has 0 saturated heterocycles. The van der Waals surface area contributed by atoms with Gasteiger partial charge in [0, 0.05) is 0 Å². The van der Waals surface area contributed by atoms with Gasteiger partial charge in [-0.25, -0.2) is 9.37 Å². The molecule has 1 heterocycles. The van der Waals surface area contributed by atoms with Crippen LogP contribution in [0.3, 0.4) is 0 Å². The lowest BCUT2D eigenvalue weighted by atomic mass is 10.2. The first kappa shape index (κ1) is 24.4. The van der Waals surface area contributed by atoms with Crippen molar-refractivity contribution in [3.8, 4) is 22.9 Å². The minimum Gasteiger partial charge on any atom is -0.493 e. The highest BCUT2D eigenvalue weighted by Gasteiger charge is 2.24. The number of benzene rings is 2. The summed E-state index contributed by atoms with van der Waals surface area (Å²) in [5, 5.41) is 0.225. The van der Waals surface area contributed by atoms with Gasteiger partial charge >= 0.3 is 5.97 Å². The molecule has 0 N–H and O–H groups in total. The molecule has 0 saturated carbocycles. The molecule has 0 amide bonds. The average Bonchev–Trinajstić information content (AvgIpc) is 2.76. The van der Waals surface area contributed by atoms with E-state index in [4.69, 9.17) is 18.9 Å². The molecule has 176 valence electrons. The van der Waals surface area contributed by atoms with E-state index in [1.807, 2.05) is 0 Å². The van der Waals surface area contributed by atoms with E-state index in [0.29, 0.717) is 0 Å². The second-order valence-corrected chi connectivity index (χ2v) is 8.85. The highest BCUT2D eigenvalue weighted by Crippen LogP contribution is 2.42. The topological polar surface area (TPSA) is 88.9 Å². The van der Waals surface area contributed by atoms with Crippen LogP contribution in [0, 0.1) is 5.82 Å². The maximum Gasteiger partial charge on any atom is 0.316 e. The number of methoxy groups -OCH3 is 3. The smallest absolute Gasteiger partial charge is 0.316 e. The summed E-state index contributed by atoms with van der Waals surface area (Å²) in [6.07, 6.45) is 0. The van der Waals surface area contributed by atoms with Crippen LogP contribution in [0.15, 0.2) is 40.3 Å². The lowest BCUT2D eigenvalue weighted by Gasteiger charge is -2.20. The molecule has 0 bridgehead atoms. The number of para-hydroxylation sites is 1. The number of rotatable bonds is 7. The van der Waals surface area contributed by atoms with Crippen LogP contribution in [0.2, 0.25) is 0 Å². The van der Waals surface area contributed by atoms with E-state index in [1.54, 1.807) is 26.8 Å². The number of esters is 1. The third kappa shape index (κ3) is 5.05. The molecule has 8 nitrogen and oxygen atoms in total. The average molecular weight is 477 g/mol. The van der Waals surface area contributed by atoms with Gasteiger partial charge in [-0.15, -0.1) is 0 Å². The van der Waals surface area contributed by atoms with Gasteiger partial charge in [-0.2, -0.15) is 0 Å². The third-order valence-electron chi connectivity index (χ3n) is 4.47. The Morgan fingerprint density at radius 1 is 1.09 bits per heavy atom. The molecule has 0 aliphatic rings. The van der Waals surface area contributed by atoms with Gasteiger partial charge in [0.05, 0.1) is 38.2 Å². The maximum atomic E-state index is 14.7. The lowest BCUT2D eigenvalue weighted by Crippen LogP contribution is -2.26. The third-order valence-corrected chi connectivity index (χ3v) is 5.38. The maximum absolute atomic E-state index is 14.7. The first-order valence-electron chi connectivity index (χ1n) is 9.96. The molecule has 3 rings (SSSR count).